The minimum atomic E-state index is -1.02. The van der Waals surface area contributed by atoms with E-state index in [1.54, 1.807) is 30.3 Å². The lowest BCUT2D eigenvalue weighted by Gasteiger charge is -2.13. The van der Waals surface area contributed by atoms with Crippen LogP contribution in [0.1, 0.15) is 17.0 Å². The average molecular weight is 262 g/mol. The van der Waals surface area contributed by atoms with Gasteiger partial charge in [0.15, 0.2) is 0 Å². The van der Waals surface area contributed by atoms with Crippen LogP contribution >= 0.6 is 0 Å². The maximum Gasteiger partial charge on any atom is 0.311 e. The van der Waals surface area contributed by atoms with Gasteiger partial charge in [0.25, 0.3) is 0 Å². The molecule has 4 heteroatoms. The van der Waals surface area contributed by atoms with Gasteiger partial charge in [0.05, 0.1) is 5.92 Å². The van der Waals surface area contributed by atoms with Gasteiger partial charge in [0.2, 0.25) is 0 Å². The van der Waals surface area contributed by atoms with Crippen molar-refractivity contribution in [2.75, 3.05) is 0 Å². The number of hydrogen-bond acceptors (Lipinski definition) is 1. The van der Waals surface area contributed by atoms with Crippen LogP contribution in [-0.4, -0.2) is 11.1 Å². The van der Waals surface area contributed by atoms with E-state index in [-0.39, 0.29) is 6.42 Å². The largest absolute Gasteiger partial charge is 0.481 e. The van der Waals surface area contributed by atoms with Gasteiger partial charge in [-0.3, -0.25) is 4.79 Å². The highest BCUT2D eigenvalue weighted by atomic mass is 19.1. The normalized spacial score (nSPS) is 12.1. The number of rotatable bonds is 4. The Labute approximate surface area is 109 Å². The molecule has 19 heavy (non-hydrogen) atoms. The number of benzene rings is 2. The Morgan fingerprint density at radius 3 is 2.16 bits per heavy atom. The van der Waals surface area contributed by atoms with Gasteiger partial charge in [-0.05, 0) is 29.7 Å². The smallest absolute Gasteiger partial charge is 0.311 e. The molecule has 1 N–H and O–H groups in total. The molecule has 0 aliphatic heterocycles. The van der Waals surface area contributed by atoms with Crippen molar-refractivity contribution < 1.29 is 18.7 Å². The maximum atomic E-state index is 13.1. The van der Waals surface area contributed by atoms with E-state index in [9.17, 15) is 18.7 Å². The lowest BCUT2D eigenvalue weighted by atomic mass is 9.92. The SMILES string of the molecule is O=C(O)C(Cc1cc(F)cc(F)c1)c1ccccc1. The first kappa shape index (κ1) is 13.2. The van der Waals surface area contributed by atoms with Gasteiger partial charge in [0.1, 0.15) is 11.6 Å². The van der Waals surface area contributed by atoms with Gasteiger partial charge in [-0.1, -0.05) is 30.3 Å². The Hall–Kier alpha value is -2.23. The van der Waals surface area contributed by atoms with Crippen molar-refractivity contribution in [3.05, 3.63) is 71.3 Å². The van der Waals surface area contributed by atoms with E-state index >= 15 is 0 Å². The lowest BCUT2D eigenvalue weighted by Crippen LogP contribution is -2.14. The van der Waals surface area contributed by atoms with Crippen LogP contribution in [0.3, 0.4) is 0 Å². The molecule has 1 atom stereocenters. The fourth-order valence-electron chi connectivity index (χ4n) is 2.00. The first-order chi connectivity index (χ1) is 9.06. The van der Waals surface area contributed by atoms with Crippen LogP contribution in [0.25, 0.3) is 0 Å². The number of carbonyl (C=O) groups is 1. The van der Waals surface area contributed by atoms with Gasteiger partial charge in [0, 0.05) is 6.07 Å². The molecule has 0 heterocycles. The van der Waals surface area contributed by atoms with Gasteiger partial charge >= 0.3 is 5.97 Å². The van der Waals surface area contributed by atoms with Crippen LogP contribution in [0, 0.1) is 11.6 Å². The van der Waals surface area contributed by atoms with Crippen LogP contribution < -0.4 is 0 Å². The van der Waals surface area contributed by atoms with Crippen LogP contribution in [-0.2, 0) is 11.2 Å². The zero-order valence-corrected chi connectivity index (χ0v) is 10.0. The fourth-order valence-corrected chi connectivity index (χ4v) is 2.00. The van der Waals surface area contributed by atoms with E-state index in [1.165, 1.54) is 0 Å². The summed E-state index contributed by atoms with van der Waals surface area (Å²) in [6, 6.07) is 11.7. The summed E-state index contributed by atoms with van der Waals surface area (Å²) < 4.78 is 26.2. The van der Waals surface area contributed by atoms with Crippen molar-refractivity contribution in [2.24, 2.45) is 0 Å². The molecular formula is C15H12F2O2. The van der Waals surface area contributed by atoms with E-state index < -0.39 is 23.5 Å². The summed E-state index contributed by atoms with van der Waals surface area (Å²) in [6.07, 6.45) is 0.0496. The zero-order valence-electron chi connectivity index (χ0n) is 10.0. The highest BCUT2D eigenvalue weighted by molar-refractivity contribution is 5.76. The molecule has 2 rings (SSSR count). The Morgan fingerprint density at radius 1 is 1.05 bits per heavy atom. The Balaban J connectivity index is 2.29. The lowest BCUT2D eigenvalue weighted by molar-refractivity contribution is -0.138. The zero-order chi connectivity index (χ0) is 13.8. The molecule has 1 unspecified atom stereocenters. The van der Waals surface area contributed by atoms with E-state index in [1.807, 2.05) is 0 Å². The number of aliphatic carboxylic acids is 1. The summed E-state index contributed by atoms with van der Waals surface area (Å²) in [5.41, 5.74) is 0.938. The monoisotopic (exact) mass is 262 g/mol. The maximum absolute atomic E-state index is 13.1. The number of hydrogen-bond donors (Lipinski definition) is 1. The molecule has 2 aromatic carbocycles. The second-order valence-corrected chi connectivity index (χ2v) is 4.28. The molecule has 0 aliphatic carbocycles. The standard InChI is InChI=1S/C15H12F2O2/c16-12-6-10(7-13(17)9-12)8-14(15(18)19)11-4-2-1-3-5-11/h1-7,9,14H,8H2,(H,18,19). The summed E-state index contributed by atoms with van der Waals surface area (Å²) in [7, 11) is 0. The molecule has 0 spiro atoms. The van der Waals surface area contributed by atoms with Gasteiger partial charge in [-0.15, -0.1) is 0 Å². The number of carboxylic acids is 1. The first-order valence-corrected chi connectivity index (χ1v) is 5.79. The van der Waals surface area contributed by atoms with Gasteiger partial charge < -0.3 is 5.11 Å². The van der Waals surface area contributed by atoms with Crippen molar-refractivity contribution in [1.82, 2.24) is 0 Å². The molecule has 0 saturated carbocycles. The summed E-state index contributed by atoms with van der Waals surface area (Å²) in [6.45, 7) is 0. The van der Waals surface area contributed by atoms with Gasteiger partial charge in [-0.2, -0.15) is 0 Å². The Morgan fingerprint density at radius 2 is 1.63 bits per heavy atom. The number of carboxylic acid groups (broad SMARTS) is 1. The minimum Gasteiger partial charge on any atom is -0.481 e. The van der Waals surface area contributed by atoms with E-state index in [0.717, 1.165) is 18.2 Å². The molecule has 98 valence electrons. The molecule has 0 aromatic heterocycles. The second-order valence-electron chi connectivity index (χ2n) is 4.28. The molecule has 0 saturated heterocycles. The third kappa shape index (κ3) is 3.37. The fraction of sp³-hybridized carbons (Fsp3) is 0.133. The predicted octanol–water partition coefficient (Wildman–Crippen LogP) is 3.38. The van der Waals surface area contributed by atoms with Crippen LogP contribution in [0.5, 0.6) is 0 Å². The third-order valence-corrected chi connectivity index (χ3v) is 2.86. The quantitative estimate of drug-likeness (QED) is 0.917. The van der Waals surface area contributed by atoms with Crippen LogP contribution in [0.2, 0.25) is 0 Å². The molecule has 2 nitrogen and oxygen atoms in total. The molecule has 0 aliphatic rings. The van der Waals surface area contributed by atoms with E-state index in [0.29, 0.717) is 11.1 Å². The molecule has 0 bridgehead atoms. The summed E-state index contributed by atoms with van der Waals surface area (Å²) in [4.78, 5) is 11.3. The average Bonchev–Trinajstić information content (AvgIpc) is 2.35. The van der Waals surface area contributed by atoms with Crippen LogP contribution in [0.4, 0.5) is 8.78 Å². The Bertz CT molecular complexity index is 562. The summed E-state index contributed by atoms with van der Waals surface area (Å²) in [5, 5.41) is 9.24. The molecule has 0 radical (unpaired) electrons. The van der Waals surface area contributed by atoms with Crippen molar-refractivity contribution >= 4 is 5.97 Å². The number of halogens is 2. The van der Waals surface area contributed by atoms with E-state index in [2.05, 4.69) is 0 Å². The third-order valence-electron chi connectivity index (χ3n) is 2.86. The van der Waals surface area contributed by atoms with Crippen molar-refractivity contribution in [1.29, 1.82) is 0 Å². The predicted molar refractivity (Wildman–Crippen MR) is 66.9 cm³/mol. The molecule has 2 aromatic rings. The van der Waals surface area contributed by atoms with Gasteiger partial charge in [-0.25, -0.2) is 8.78 Å². The van der Waals surface area contributed by atoms with Crippen molar-refractivity contribution in [2.45, 2.75) is 12.3 Å². The summed E-state index contributed by atoms with van der Waals surface area (Å²) >= 11 is 0. The van der Waals surface area contributed by atoms with E-state index in [4.69, 9.17) is 0 Å². The minimum absolute atomic E-state index is 0.0496. The molecule has 0 fully saturated rings. The van der Waals surface area contributed by atoms with Crippen LogP contribution in [0.15, 0.2) is 48.5 Å². The first-order valence-electron chi connectivity index (χ1n) is 5.79. The highest BCUT2D eigenvalue weighted by Gasteiger charge is 2.20. The molecule has 0 amide bonds. The van der Waals surface area contributed by atoms with Crippen molar-refractivity contribution in [3.63, 3.8) is 0 Å². The highest BCUT2D eigenvalue weighted by Crippen LogP contribution is 2.22. The Kier molecular flexibility index (Phi) is 3.90. The second kappa shape index (κ2) is 5.61. The van der Waals surface area contributed by atoms with Crippen molar-refractivity contribution in [3.8, 4) is 0 Å². The molecular weight excluding hydrogens is 250 g/mol. The summed E-state index contributed by atoms with van der Waals surface area (Å²) in [5.74, 6) is -3.24. The topological polar surface area (TPSA) is 37.3 Å².